The third kappa shape index (κ3) is 11.5. The van der Waals surface area contributed by atoms with Crippen molar-refractivity contribution < 1.29 is 18.5 Å². The number of benzene rings is 2. The molecule has 0 aliphatic rings. The maximum atomic E-state index is 14.6. The van der Waals surface area contributed by atoms with Crippen LogP contribution in [0.5, 0.6) is 5.75 Å². The highest BCUT2D eigenvalue weighted by molar-refractivity contribution is 7.07. The monoisotopic (exact) mass is 553 g/mol. The van der Waals surface area contributed by atoms with Crippen LogP contribution in [-0.4, -0.2) is 12.5 Å². The van der Waals surface area contributed by atoms with E-state index in [9.17, 15) is 9.18 Å². The maximum Gasteiger partial charge on any atom is 0.228 e. The second-order valence-corrected chi connectivity index (χ2v) is 11.2. The number of nitrogens with one attached hydrogen (secondary N) is 1. The molecule has 6 heteroatoms. The number of nitrogens with zero attached hydrogens (tertiary/aromatic N) is 1. The highest BCUT2D eigenvalue weighted by Crippen LogP contribution is 2.21. The molecule has 0 spiro atoms. The Morgan fingerprint density at radius 2 is 1.59 bits per heavy atom. The van der Waals surface area contributed by atoms with Gasteiger partial charge in [-0.05, 0) is 30.2 Å². The molecule has 39 heavy (non-hydrogen) atoms. The zero-order chi connectivity index (χ0) is 27.7. The van der Waals surface area contributed by atoms with Crippen LogP contribution in [-0.2, 0) is 17.8 Å². The van der Waals surface area contributed by atoms with Crippen LogP contribution >= 0.6 is 11.3 Å². The summed E-state index contributed by atoms with van der Waals surface area (Å²) < 4.78 is 22.5. The van der Waals surface area contributed by atoms with Crippen molar-refractivity contribution in [2.45, 2.75) is 104 Å². The smallest absolute Gasteiger partial charge is 0.228 e. The predicted molar refractivity (Wildman–Crippen MR) is 160 cm³/mol. The van der Waals surface area contributed by atoms with E-state index in [0.717, 1.165) is 24.1 Å². The molecule has 3 aromatic rings. The molecule has 0 radical (unpaired) electrons. The van der Waals surface area contributed by atoms with Crippen molar-refractivity contribution in [3.05, 3.63) is 76.0 Å². The Labute approximate surface area is 238 Å². The van der Waals surface area contributed by atoms with Crippen LogP contribution in [0.25, 0.3) is 0 Å². The summed E-state index contributed by atoms with van der Waals surface area (Å²) in [4.78, 5) is 12.7. The number of ether oxygens (including phenoxy) is 1. The van der Waals surface area contributed by atoms with Crippen LogP contribution in [0.4, 0.5) is 10.1 Å². The van der Waals surface area contributed by atoms with Gasteiger partial charge in [0.15, 0.2) is 23.8 Å². The Kier molecular flexibility index (Phi) is 14.0. The van der Waals surface area contributed by atoms with Crippen molar-refractivity contribution in [1.82, 2.24) is 0 Å². The van der Waals surface area contributed by atoms with Gasteiger partial charge in [0.1, 0.15) is 0 Å². The summed E-state index contributed by atoms with van der Waals surface area (Å²) in [5, 5.41) is 5.10. The van der Waals surface area contributed by atoms with Gasteiger partial charge in [-0.2, -0.15) is 4.57 Å². The first kappa shape index (κ1) is 30.8. The molecule has 2 aromatic carbocycles. The zero-order valence-electron chi connectivity index (χ0n) is 23.9. The van der Waals surface area contributed by atoms with Crippen LogP contribution in [0.3, 0.4) is 0 Å². The number of anilines is 1. The summed E-state index contributed by atoms with van der Waals surface area (Å²) in [6.45, 7) is 5.53. The molecule has 0 bridgehead atoms. The lowest BCUT2D eigenvalue weighted by Gasteiger charge is -2.11. The number of thiazole rings is 1. The summed E-state index contributed by atoms with van der Waals surface area (Å²) in [6, 6.07) is 12.6. The number of aromatic nitrogens is 1. The first-order valence-corrected chi connectivity index (χ1v) is 15.7. The average Bonchev–Trinajstić information content (AvgIpc) is 3.33. The molecular weight excluding hydrogens is 507 g/mol. The van der Waals surface area contributed by atoms with Crippen LogP contribution in [0.1, 0.15) is 101 Å². The molecule has 1 heterocycles. The lowest BCUT2D eigenvalue weighted by molar-refractivity contribution is -0.689. The van der Waals surface area contributed by atoms with E-state index >= 15 is 0 Å². The predicted octanol–water partition coefficient (Wildman–Crippen LogP) is 8.79. The number of aryl methyl sites for hydroxylation is 1. The quantitative estimate of drug-likeness (QED) is 0.119. The fourth-order valence-corrected chi connectivity index (χ4v) is 5.54. The Bertz CT molecular complexity index is 1130. The Hall–Kier alpha value is -2.73. The molecule has 1 amide bonds. The Balaban J connectivity index is 1.33. The van der Waals surface area contributed by atoms with Gasteiger partial charge in [-0.15, -0.1) is 0 Å². The molecule has 212 valence electrons. The molecule has 1 aromatic heterocycles. The number of amides is 1. The molecule has 0 saturated carbocycles. The minimum absolute atomic E-state index is 0.106. The molecule has 0 atom stereocenters. The standard InChI is InChI=1S/C33H45FN2O2S/c1-3-4-5-6-7-8-9-10-11-12-13-16-21-38-32-20-19-28(22-30(32)34)23-33(37)35-31-18-15-14-17-29(31)24-36-26-39-25-27(36)2/h14-15,17-20,22,25-26H,3-13,16,21,23-24H2,1-2H3/p+1. The Morgan fingerprint density at radius 3 is 2.23 bits per heavy atom. The summed E-state index contributed by atoms with van der Waals surface area (Å²) in [5.74, 6) is -0.321. The van der Waals surface area contributed by atoms with Crippen molar-refractivity contribution >= 4 is 22.9 Å². The molecule has 0 aliphatic carbocycles. The summed E-state index contributed by atoms with van der Waals surface area (Å²) in [6.07, 6.45) is 15.5. The fraction of sp³-hybridized carbons (Fsp3) is 0.515. The van der Waals surface area contributed by atoms with Crippen LogP contribution in [0.15, 0.2) is 53.4 Å². The average molecular weight is 554 g/mol. The van der Waals surface area contributed by atoms with E-state index in [4.69, 9.17) is 4.74 Å². The van der Waals surface area contributed by atoms with Gasteiger partial charge in [-0.1, -0.05) is 113 Å². The SMILES string of the molecule is CCCCCCCCCCCCCCOc1ccc(CC(=O)Nc2ccccc2C[n+]2cscc2C)cc1F. The van der Waals surface area contributed by atoms with Crippen LogP contribution in [0.2, 0.25) is 0 Å². The molecule has 3 rings (SSSR count). The first-order chi connectivity index (χ1) is 19.1. The number of para-hydroxylation sites is 1. The first-order valence-electron chi connectivity index (χ1n) is 14.8. The largest absolute Gasteiger partial charge is 0.491 e. The minimum atomic E-state index is -0.413. The van der Waals surface area contributed by atoms with E-state index in [0.29, 0.717) is 18.7 Å². The molecule has 0 unspecified atom stereocenters. The van der Waals surface area contributed by atoms with Gasteiger partial charge in [0.05, 0.1) is 24.1 Å². The molecule has 0 aliphatic heterocycles. The van der Waals surface area contributed by atoms with Gasteiger partial charge in [0, 0.05) is 12.5 Å². The number of hydrogen-bond acceptors (Lipinski definition) is 3. The van der Waals surface area contributed by atoms with Gasteiger partial charge in [-0.3, -0.25) is 4.79 Å². The summed E-state index contributed by atoms with van der Waals surface area (Å²) >= 11 is 1.65. The number of unbranched alkanes of at least 4 members (excludes halogenated alkanes) is 11. The highest BCUT2D eigenvalue weighted by atomic mass is 32.1. The van der Waals surface area contributed by atoms with E-state index in [1.54, 1.807) is 23.5 Å². The number of carbonyl (C=O) groups excluding carboxylic acids is 1. The van der Waals surface area contributed by atoms with E-state index in [2.05, 4.69) is 34.6 Å². The number of rotatable bonds is 19. The van der Waals surface area contributed by atoms with Crippen LogP contribution in [0, 0.1) is 12.7 Å². The van der Waals surface area contributed by atoms with Crippen molar-refractivity contribution in [1.29, 1.82) is 0 Å². The number of carbonyl (C=O) groups is 1. The van der Waals surface area contributed by atoms with E-state index in [1.807, 2.05) is 24.3 Å². The van der Waals surface area contributed by atoms with Crippen molar-refractivity contribution in [2.24, 2.45) is 0 Å². The van der Waals surface area contributed by atoms with Crippen molar-refractivity contribution in [3.63, 3.8) is 0 Å². The van der Waals surface area contributed by atoms with Gasteiger partial charge < -0.3 is 10.1 Å². The molecule has 0 fully saturated rings. The van der Waals surface area contributed by atoms with Crippen molar-refractivity contribution in [2.75, 3.05) is 11.9 Å². The Morgan fingerprint density at radius 1 is 0.923 bits per heavy atom. The summed E-state index contributed by atoms with van der Waals surface area (Å²) in [7, 11) is 0. The van der Waals surface area contributed by atoms with Gasteiger partial charge in [0.25, 0.3) is 0 Å². The molecular formula is C33H46FN2O2S+. The lowest BCUT2D eigenvalue weighted by Crippen LogP contribution is -2.34. The van der Waals surface area contributed by atoms with Crippen LogP contribution < -0.4 is 14.6 Å². The van der Waals surface area contributed by atoms with E-state index in [1.165, 1.54) is 76.0 Å². The normalized spacial score (nSPS) is 11.1. The third-order valence-electron chi connectivity index (χ3n) is 7.13. The third-order valence-corrected chi connectivity index (χ3v) is 7.98. The maximum absolute atomic E-state index is 14.6. The lowest BCUT2D eigenvalue weighted by atomic mass is 10.1. The highest BCUT2D eigenvalue weighted by Gasteiger charge is 2.14. The molecule has 0 saturated heterocycles. The topological polar surface area (TPSA) is 42.2 Å². The second kappa shape index (κ2) is 17.8. The fourth-order valence-electron chi connectivity index (χ4n) is 4.76. The second-order valence-electron chi connectivity index (χ2n) is 10.5. The molecule has 4 nitrogen and oxygen atoms in total. The van der Waals surface area contributed by atoms with E-state index in [-0.39, 0.29) is 18.1 Å². The summed E-state index contributed by atoms with van der Waals surface area (Å²) in [5.41, 5.74) is 5.69. The van der Waals surface area contributed by atoms with Gasteiger partial charge in [0.2, 0.25) is 11.4 Å². The molecule has 1 N–H and O–H groups in total. The number of hydrogen-bond donors (Lipinski definition) is 1. The van der Waals surface area contributed by atoms with E-state index < -0.39 is 5.82 Å². The number of halogens is 1. The van der Waals surface area contributed by atoms with Gasteiger partial charge >= 0.3 is 0 Å². The zero-order valence-corrected chi connectivity index (χ0v) is 24.7. The van der Waals surface area contributed by atoms with Crippen molar-refractivity contribution in [3.8, 4) is 5.75 Å². The van der Waals surface area contributed by atoms with Gasteiger partial charge in [-0.25, -0.2) is 4.39 Å². The minimum Gasteiger partial charge on any atom is -0.491 e.